The number of nitrogens with zero attached hydrogens (tertiary/aromatic N) is 1. The number of likely N-dealkylation sites (tertiary alicyclic amines) is 1. The van der Waals surface area contributed by atoms with Crippen LogP contribution >= 0.6 is 0 Å². The molecule has 1 spiro atoms. The number of carbonyl (C=O) groups excluding carboxylic acids is 2. The minimum atomic E-state index is -0.952. The number of carboxylic acid groups (broad SMARTS) is 1. The molecule has 3 aliphatic rings. The first-order valence-electron chi connectivity index (χ1n) is 9.99. The summed E-state index contributed by atoms with van der Waals surface area (Å²) in [5.74, 6) is -1.98. The van der Waals surface area contributed by atoms with Crippen LogP contribution in [0.1, 0.15) is 52.9 Å². The summed E-state index contributed by atoms with van der Waals surface area (Å²) >= 11 is 0. The molecule has 8 heteroatoms. The van der Waals surface area contributed by atoms with E-state index in [0.29, 0.717) is 18.4 Å². The molecule has 0 radical (unpaired) electrons. The molecule has 27 heavy (non-hydrogen) atoms. The molecule has 0 aromatic rings. The predicted molar refractivity (Wildman–Crippen MR) is 101 cm³/mol. The lowest BCUT2D eigenvalue weighted by molar-refractivity contribution is -0.155. The Balaban J connectivity index is 1.84. The highest BCUT2D eigenvalue weighted by Gasteiger charge is 2.61. The summed E-state index contributed by atoms with van der Waals surface area (Å²) in [6.45, 7) is 6.04. The molecule has 3 rings (SSSR count). The van der Waals surface area contributed by atoms with Crippen molar-refractivity contribution in [1.82, 2.24) is 4.90 Å². The van der Waals surface area contributed by atoms with Crippen LogP contribution in [-0.4, -0.2) is 54.4 Å². The van der Waals surface area contributed by atoms with Crippen LogP contribution in [0.2, 0.25) is 0 Å². The van der Waals surface area contributed by atoms with Crippen LogP contribution in [0.25, 0.3) is 0 Å². The third kappa shape index (κ3) is 3.66. The van der Waals surface area contributed by atoms with Gasteiger partial charge in [0.1, 0.15) is 11.7 Å². The third-order valence-corrected chi connectivity index (χ3v) is 7.26. The zero-order valence-corrected chi connectivity index (χ0v) is 16.6. The van der Waals surface area contributed by atoms with Gasteiger partial charge in [0, 0.05) is 6.54 Å². The summed E-state index contributed by atoms with van der Waals surface area (Å²) in [5, 5.41) is 9.87. The first-order chi connectivity index (χ1) is 12.7. The van der Waals surface area contributed by atoms with Crippen molar-refractivity contribution in [3.8, 4) is 0 Å². The number of hydrogen-bond donors (Lipinski definition) is 2. The second-order valence-electron chi connectivity index (χ2n) is 9.36. The van der Waals surface area contributed by atoms with Gasteiger partial charge in [0.15, 0.2) is 0 Å². The molecule has 4 atom stereocenters. The number of rotatable bonds is 8. The fourth-order valence-corrected chi connectivity index (χ4v) is 5.27. The van der Waals surface area contributed by atoms with Gasteiger partial charge in [-0.25, -0.2) is 4.79 Å². The fraction of sp³-hybridized carbons (Fsp3) is 0.842. The lowest BCUT2D eigenvalue weighted by Crippen LogP contribution is -2.52. The van der Waals surface area contributed by atoms with Crippen molar-refractivity contribution in [1.29, 1.82) is 0 Å². The predicted octanol–water partition coefficient (Wildman–Crippen LogP) is 0.952. The molecular formula is C19H31BN2O5. The van der Waals surface area contributed by atoms with E-state index in [-0.39, 0.29) is 37.6 Å². The second-order valence-corrected chi connectivity index (χ2v) is 9.36. The van der Waals surface area contributed by atoms with Gasteiger partial charge in [0.2, 0.25) is 5.91 Å². The Kier molecular flexibility index (Phi) is 5.43. The summed E-state index contributed by atoms with van der Waals surface area (Å²) in [4.78, 5) is 39.7. The molecule has 2 saturated carbocycles. The Morgan fingerprint density at radius 1 is 1.33 bits per heavy atom. The van der Waals surface area contributed by atoms with E-state index in [9.17, 15) is 19.5 Å². The molecule has 7 nitrogen and oxygen atoms in total. The van der Waals surface area contributed by atoms with Gasteiger partial charge in [-0.15, -0.1) is 0 Å². The Labute approximate surface area is 161 Å². The Morgan fingerprint density at radius 3 is 2.52 bits per heavy atom. The first kappa shape index (κ1) is 20.3. The quantitative estimate of drug-likeness (QED) is 0.370. The van der Waals surface area contributed by atoms with Crippen LogP contribution in [0, 0.1) is 28.6 Å². The van der Waals surface area contributed by atoms with E-state index in [1.54, 1.807) is 0 Å². The van der Waals surface area contributed by atoms with Crippen LogP contribution in [0.4, 0.5) is 0 Å². The molecule has 0 bridgehead atoms. The maximum absolute atomic E-state index is 13.4. The highest BCUT2D eigenvalue weighted by Crippen LogP contribution is 2.64. The van der Waals surface area contributed by atoms with Gasteiger partial charge < -0.3 is 25.2 Å². The standard InChI is InChI=1S/C19H31BN2O5/c1-4-18(2,3)13(15(23)20-27-10-21)16(24)22-9-11-7-19(5-6-19)8-12(11)14(22)17(25)26/h11-14,20H,4-10,21H2,1-3H3,(H,25,26)/t11-,12-,13+,14-/m0/s1. The SMILES string of the molecule is CCC(C)(C)[C@H](C(=O)BOCN)C(=O)N1C[C@@H]2CC3(CC3)C[C@@H]2[C@H]1C(=O)O. The van der Waals surface area contributed by atoms with Gasteiger partial charge in [-0.05, 0) is 54.8 Å². The number of carbonyl (C=O) groups is 3. The van der Waals surface area contributed by atoms with E-state index in [4.69, 9.17) is 10.4 Å². The van der Waals surface area contributed by atoms with Crippen LogP contribution in [0.3, 0.4) is 0 Å². The van der Waals surface area contributed by atoms with Gasteiger partial charge in [-0.3, -0.25) is 4.79 Å². The van der Waals surface area contributed by atoms with Crippen LogP contribution in [-0.2, 0) is 19.0 Å². The molecule has 0 unspecified atom stereocenters. The highest BCUT2D eigenvalue weighted by atomic mass is 16.4. The minimum Gasteiger partial charge on any atom is -0.480 e. The highest BCUT2D eigenvalue weighted by molar-refractivity contribution is 6.70. The van der Waals surface area contributed by atoms with Crippen LogP contribution < -0.4 is 5.73 Å². The molecule has 150 valence electrons. The van der Waals surface area contributed by atoms with Gasteiger partial charge in [-0.1, -0.05) is 20.8 Å². The molecule has 1 amide bonds. The molecule has 0 aromatic carbocycles. The summed E-state index contributed by atoms with van der Waals surface area (Å²) in [6, 6.07) is -0.819. The summed E-state index contributed by atoms with van der Waals surface area (Å²) < 4.78 is 5.05. The fourth-order valence-electron chi connectivity index (χ4n) is 5.27. The molecule has 1 saturated heterocycles. The molecule has 2 aliphatic carbocycles. The van der Waals surface area contributed by atoms with E-state index >= 15 is 0 Å². The van der Waals surface area contributed by atoms with Gasteiger partial charge in [-0.2, -0.15) is 0 Å². The average molecular weight is 378 g/mol. The monoisotopic (exact) mass is 378 g/mol. The van der Waals surface area contributed by atoms with Gasteiger partial charge in [0.25, 0.3) is 0 Å². The van der Waals surface area contributed by atoms with E-state index in [1.165, 1.54) is 17.7 Å². The lowest BCUT2D eigenvalue weighted by Gasteiger charge is -2.36. The molecule has 1 heterocycles. The summed E-state index contributed by atoms with van der Waals surface area (Å²) in [6.07, 6.45) is 4.89. The van der Waals surface area contributed by atoms with Gasteiger partial charge >= 0.3 is 13.5 Å². The van der Waals surface area contributed by atoms with Crippen molar-refractivity contribution >= 4 is 25.0 Å². The van der Waals surface area contributed by atoms with Crippen molar-refractivity contribution in [3.63, 3.8) is 0 Å². The third-order valence-electron chi connectivity index (χ3n) is 7.26. The minimum absolute atomic E-state index is 0.00901. The van der Waals surface area contributed by atoms with Crippen LogP contribution in [0.5, 0.6) is 0 Å². The Hall–Kier alpha value is -1.41. The molecule has 0 aromatic heterocycles. The lowest BCUT2D eigenvalue weighted by atomic mass is 9.67. The molecule has 1 aliphatic heterocycles. The van der Waals surface area contributed by atoms with Crippen molar-refractivity contribution in [2.75, 3.05) is 13.3 Å². The number of hydrogen-bond acceptors (Lipinski definition) is 5. The number of aliphatic carboxylic acids is 1. The van der Waals surface area contributed by atoms with Crippen molar-refractivity contribution in [2.24, 2.45) is 34.3 Å². The van der Waals surface area contributed by atoms with Crippen molar-refractivity contribution < 1.29 is 24.1 Å². The zero-order chi connectivity index (χ0) is 20.0. The maximum Gasteiger partial charge on any atom is 0.353 e. The molecule has 3 fully saturated rings. The number of nitrogens with two attached hydrogens (primary N) is 1. The molecular weight excluding hydrogens is 347 g/mol. The topological polar surface area (TPSA) is 110 Å². The Morgan fingerprint density at radius 2 is 2.00 bits per heavy atom. The van der Waals surface area contributed by atoms with E-state index in [0.717, 1.165) is 12.8 Å². The largest absolute Gasteiger partial charge is 0.480 e. The summed E-state index contributed by atoms with van der Waals surface area (Å²) in [5.41, 5.74) is 4.76. The zero-order valence-electron chi connectivity index (χ0n) is 16.6. The number of carboxylic acids is 1. The smallest absolute Gasteiger partial charge is 0.353 e. The van der Waals surface area contributed by atoms with Crippen molar-refractivity contribution in [3.05, 3.63) is 0 Å². The average Bonchev–Trinajstić information content (AvgIpc) is 3.12. The van der Waals surface area contributed by atoms with Gasteiger partial charge in [0.05, 0.1) is 12.6 Å². The molecule has 3 N–H and O–H groups in total. The Bertz CT molecular complexity index is 634. The number of fused-ring (bicyclic) bond motifs is 1. The maximum atomic E-state index is 13.4. The summed E-state index contributed by atoms with van der Waals surface area (Å²) in [7, 11) is -0.224. The van der Waals surface area contributed by atoms with E-state index < -0.39 is 23.3 Å². The normalized spacial score (nSPS) is 29.5. The first-order valence-corrected chi connectivity index (χ1v) is 9.99. The van der Waals surface area contributed by atoms with E-state index in [2.05, 4.69) is 0 Å². The second kappa shape index (κ2) is 7.20. The van der Waals surface area contributed by atoms with Crippen molar-refractivity contribution in [2.45, 2.75) is 58.9 Å². The van der Waals surface area contributed by atoms with E-state index in [1.807, 2.05) is 20.8 Å². The number of amides is 1. The van der Waals surface area contributed by atoms with Crippen LogP contribution in [0.15, 0.2) is 0 Å².